The number of benzene rings is 2. The Balaban J connectivity index is 0.718. The molecule has 2 amide bonds. The lowest BCUT2D eigenvalue weighted by Gasteiger charge is -2.43. The van der Waals surface area contributed by atoms with E-state index in [0.717, 1.165) is 106 Å². The summed E-state index contributed by atoms with van der Waals surface area (Å²) in [6.45, 7) is 9.09. The molecule has 2 atom stereocenters. The van der Waals surface area contributed by atoms with Gasteiger partial charge in [-0.1, -0.05) is 30.3 Å². The van der Waals surface area contributed by atoms with Crippen LogP contribution in [0.25, 0.3) is 33.2 Å². The van der Waals surface area contributed by atoms with Crippen LogP contribution in [0.2, 0.25) is 0 Å². The zero-order valence-electron chi connectivity index (χ0n) is 38.4. The number of aliphatic hydroxyl groups is 1. The van der Waals surface area contributed by atoms with Gasteiger partial charge in [-0.3, -0.25) is 38.7 Å². The molecule has 3 aromatic heterocycles. The third-order valence-corrected chi connectivity index (χ3v) is 14.4. The van der Waals surface area contributed by atoms with E-state index in [2.05, 4.69) is 65.3 Å². The van der Waals surface area contributed by atoms with Gasteiger partial charge in [0, 0.05) is 108 Å². The maximum Gasteiger partial charge on any atom is 0.390 e. The summed E-state index contributed by atoms with van der Waals surface area (Å²) in [5, 5.41) is 16.1. The first-order valence-corrected chi connectivity index (χ1v) is 24.1. The number of hydrogen-bond acceptors (Lipinski definition) is 11. The molecule has 1 aliphatic carbocycles. The highest BCUT2D eigenvalue weighted by Gasteiger charge is 2.32. The standard InChI is InChI=1S/C49H63F3N10O5/c1-57-43-28-33(8-15-41(43)62(48(57)66)42-16-17-44(64)55-46(42)65)4-3-26-67-27-25-58-20-2-5-37(31-58)60-23-21-59(22-24-60)30-34-6-9-35(10-7-34)40-32-61(36-11-13-38(63)14-12-36)45-39(40)29-54-47(56-45)53-19-18-49(50,51)52/h6-10,15,28-29,32,36-38,42,63H,2-5,11-14,16-27,30-31H2,1H3,(H,53,54,56)(H,55,64,65). The van der Waals surface area contributed by atoms with Crippen LogP contribution >= 0.6 is 0 Å². The quantitative estimate of drug-likeness (QED) is 0.0813. The van der Waals surface area contributed by atoms with Crippen LogP contribution in [0.4, 0.5) is 19.1 Å². The maximum atomic E-state index is 13.1. The van der Waals surface area contributed by atoms with Gasteiger partial charge in [0.2, 0.25) is 17.8 Å². The van der Waals surface area contributed by atoms with Gasteiger partial charge in [-0.15, -0.1) is 0 Å². The Labute approximate surface area is 388 Å². The van der Waals surface area contributed by atoms with Crippen molar-refractivity contribution in [3.63, 3.8) is 0 Å². The van der Waals surface area contributed by atoms with Gasteiger partial charge in [0.25, 0.3) is 0 Å². The number of aryl methyl sites for hydroxylation is 2. The largest absolute Gasteiger partial charge is 0.393 e. The van der Waals surface area contributed by atoms with Crippen molar-refractivity contribution in [2.75, 3.05) is 70.9 Å². The number of halogens is 3. The molecule has 6 heterocycles. The van der Waals surface area contributed by atoms with E-state index >= 15 is 0 Å². The second-order valence-corrected chi connectivity index (χ2v) is 19.0. The molecule has 18 heteroatoms. The second kappa shape index (κ2) is 20.6. The minimum Gasteiger partial charge on any atom is -0.393 e. The maximum absolute atomic E-state index is 13.1. The summed E-state index contributed by atoms with van der Waals surface area (Å²) in [5.74, 6) is -0.557. The zero-order chi connectivity index (χ0) is 46.7. The van der Waals surface area contributed by atoms with Gasteiger partial charge in [-0.25, -0.2) is 9.78 Å². The topological polar surface area (TPSA) is 155 Å². The fourth-order valence-electron chi connectivity index (χ4n) is 10.6. The second-order valence-electron chi connectivity index (χ2n) is 19.0. The number of carbonyl (C=O) groups is 2. The molecule has 4 fully saturated rings. The number of alkyl halides is 3. The lowest BCUT2D eigenvalue weighted by Crippen LogP contribution is -2.55. The molecule has 9 rings (SSSR count). The first-order chi connectivity index (χ1) is 32.4. The molecular weight excluding hydrogens is 866 g/mol. The first kappa shape index (κ1) is 46.9. The van der Waals surface area contributed by atoms with Crippen molar-refractivity contribution in [2.24, 2.45) is 7.05 Å². The average Bonchev–Trinajstić information content (AvgIpc) is 3.81. The van der Waals surface area contributed by atoms with Crippen LogP contribution in [0.3, 0.4) is 0 Å². The van der Waals surface area contributed by atoms with Crippen molar-refractivity contribution in [3.05, 3.63) is 76.5 Å². The highest BCUT2D eigenvalue weighted by molar-refractivity contribution is 6.00. The number of anilines is 1. The molecule has 4 aliphatic rings. The number of piperazine rings is 1. The van der Waals surface area contributed by atoms with Crippen LogP contribution in [0.15, 0.2) is 59.7 Å². The van der Waals surface area contributed by atoms with Gasteiger partial charge in [0.1, 0.15) is 11.7 Å². The summed E-state index contributed by atoms with van der Waals surface area (Å²) < 4.78 is 49.8. The van der Waals surface area contributed by atoms with E-state index in [1.54, 1.807) is 17.8 Å². The number of imidazole rings is 1. The number of rotatable bonds is 16. The highest BCUT2D eigenvalue weighted by Crippen LogP contribution is 2.37. The number of likely N-dealkylation sites (tertiary alicyclic amines) is 1. The number of piperidine rings is 2. The monoisotopic (exact) mass is 928 g/mol. The minimum absolute atomic E-state index is 0.135. The number of ether oxygens (including phenoxy) is 1. The highest BCUT2D eigenvalue weighted by atomic mass is 19.4. The SMILES string of the molecule is Cn1c(=O)n(C2CCC(=O)NC2=O)c2ccc(CCCOCCN3CCCC(N4CCN(Cc5ccc(-c6cn(C7CCC(O)CC7)c7nc(NCCC(F)(F)F)ncc67)cc5)CC4)C3)cc21. The molecule has 67 heavy (non-hydrogen) atoms. The lowest BCUT2D eigenvalue weighted by molar-refractivity contribution is -0.136. The number of aliphatic hydroxyl groups excluding tert-OH is 1. The normalized spacial score (nSPS) is 22.8. The number of carbonyl (C=O) groups excluding carboxylic acids is 2. The molecule has 0 bridgehead atoms. The Kier molecular flexibility index (Phi) is 14.4. The van der Waals surface area contributed by atoms with Crippen LogP contribution in [0, 0.1) is 0 Å². The van der Waals surface area contributed by atoms with Gasteiger partial charge in [0.05, 0.1) is 30.2 Å². The van der Waals surface area contributed by atoms with E-state index in [1.807, 2.05) is 18.2 Å². The van der Waals surface area contributed by atoms with E-state index in [-0.39, 0.29) is 42.7 Å². The van der Waals surface area contributed by atoms with E-state index in [9.17, 15) is 32.7 Å². The number of aromatic nitrogens is 5. The Morgan fingerprint density at radius 3 is 2.42 bits per heavy atom. The average molecular weight is 929 g/mol. The van der Waals surface area contributed by atoms with Crippen LogP contribution < -0.4 is 16.3 Å². The molecule has 2 unspecified atom stereocenters. The third kappa shape index (κ3) is 11.1. The summed E-state index contributed by atoms with van der Waals surface area (Å²) in [6.07, 6.45) is 5.87. The van der Waals surface area contributed by atoms with Gasteiger partial charge < -0.3 is 19.7 Å². The van der Waals surface area contributed by atoms with E-state index in [4.69, 9.17) is 9.72 Å². The summed E-state index contributed by atoms with van der Waals surface area (Å²) in [6, 6.07) is 14.6. The van der Waals surface area contributed by atoms with Crippen molar-refractivity contribution in [1.29, 1.82) is 0 Å². The van der Waals surface area contributed by atoms with Crippen LogP contribution in [0.5, 0.6) is 0 Å². The predicted octanol–water partition coefficient (Wildman–Crippen LogP) is 5.80. The first-order valence-electron chi connectivity index (χ1n) is 24.1. The Morgan fingerprint density at radius 1 is 0.881 bits per heavy atom. The smallest absolute Gasteiger partial charge is 0.390 e. The van der Waals surface area contributed by atoms with E-state index < -0.39 is 24.5 Å². The molecule has 15 nitrogen and oxygen atoms in total. The van der Waals surface area contributed by atoms with E-state index in [1.165, 1.54) is 23.0 Å². The molecule has 2 aromatic carbocycles. The van der Waals surface area contributed by atoms with Crippen molar-refractivity contribution >= 4 is 39.8 Å². The Hall–Kier alpha value is -5.14. The van der Waals surface area contributed by atoms with Gasteiger partial charge in [-0.05, 0) is 93.2 Å². The minimum atomic E-state index is -4.26. The summed E-state index contributed by atoms with van der Waals surface area (Å²) in [4.78, 5) is 54.2. The number of fused-ring (bicyclic) bond motifs is 2. The molecule has 3 N–H and O–H groups in total. The number of amides is 2. The van der Waals surface area contributed by atoms with Gasteiger partial charge in [0.15, 0.2) is 0 Å². The summed E-state index contributed by atoms with van der Waals surface area (Å²) >= 11 is 0. The van der Waals surface area contributed by atoms with Crippen molar-refractivity contribution in [2.45, 2.75) is 108 Å². The summed E-state index contributed by atoms with van der Waals surface area (Å²) in [7, 11) is 1.72. The van der Waals surface area contributed by atoms with Gasteiger partial charge >= 0.3 is 11.9 Å². The van der Waals surface area contributed by atoms with Crippen molar-refractivity contribution < 1.29 is 32.6 Å². The molecule has 360 valence electrons. The molecular formula is C49H63F3N10O5. The number of nitrogens with one attached hydrogen (secondary N) is 2. The molecule has 0 spiro atoms. The van der Waals surface area contributed by atoms with Crippen LogP contribution in [-0.2, 0) is 34.3 Å². The van der Waals surface area contributed by atoms with Crippen molar-refractivity contribution in [1.82, 2.24) is 43.7 Å². The molecule has 3 saturated heterocycles. The summed E-state index contributed by atoms with van der Waals surface area (Å²) in [5.41, 5.74) is 6.27. The number of nitrogens with zero attached hydrogens (tertiary/aromatic N) is 8. The molecule has 5 aromatic rings. The van der Waals surface area contributed by atoms with Crippen LogP contribution in [0.1, 0.15) is 87.4 Å². The fraction of sp³-hybridized carbons (Fsp3) is 0.571. The Bertz CT molecular complexity index is 2580. The van der Waals surface area contributed by atoms with Crippen molar-refractivity contribution in [3.8, 4) is 11.1 Å². The van der Waals surface area contributed by atoms with E-state index in [0.29, 0.717) is 49.7 Å². The van der Waals surface area contributed by atoms with Gasteiger partial charge in [-0.2, -0.15) is 18.2 Å². The molecule has 0 radical (unpaired) electrons. The Morgan fingerprint density at radius 2 is 1.66 bits per heavy atom. The number of hydrogen-bond donors (Lipinski definition) is 3. The predicted molar refractivity (Wildman–Crippen MR) is 250 cm³/mol. The third-order valence-electron chi connectivity index (χ3n) is 14.4. The number of imide groups is 1. The molecule has 3 aliphatic heterocycles. The van der Waals surface area contributed by atoms with Crippen LogP contribution in [-0.4, -0.2) is 139 Å². The zero-order valence-corrected chi connectivity index (χ0v) is 38.4. The lowest BCUT2D eigenvalue weighted by atomic mass is 9.93. The molecule has 1 saturated carbocycles. The fourth-order valence-corrected chi connectivity index (χ4v) is 10.6.